The predicted octanol–water partition coefficient (Wildman–Crippen LogP) is 5.38. The second-order valence-corrected chi connectivity index (χ2v) is 9.20. The van der Waals surface area contributed by atoms with Crippen molar-refractivity contribution in [3.8, 4) is 5.75 Å². The molecule has 1 fully saturated rings. The van der Waals surface area contributed by atoms with Gasteiger partial charge in [0.05, 0.1) is 21.8 Å². The van der Waals surface area contributed by atoms with Crippen LogP contribution < -0.4 is 4.90 Å². The molecule has 1 unspecified atom stereocenters. The van der Waals surface area contributed by atoms with E-state index in [-0.39, 0.29) is 22.2 Å². The molecule has 3 aromatic carbocycles. The van der Waals surface area contributed by atoms with Crippen molar-refractivity contribution in [3.63, 3.8) is 0 Å². The van der Waals surface area contributed by atoms with Crippen molar-refractivity contribution in [1.29, 1.82) is 0 Å². The topological polar surface area (TPSA) is 90.7 Å². The summed E-state index contributed by atoms with van der Waals surface area (Å²) >= 11 is 1.07. The van der Waals surface area contributed by atoms with Crippen molar-refractivity contribution in [3.05, 3.63) is 94.3 Å². The number of hydrogen-bond acceptors (Lipinski definition) is 6. The van der Waals surface area contributed by atoms with Crippen molar-refractivity contribution in [1.82, 2.24) is 4.98 Å². The molecule has 170 valence electrons. The Kier molecular flexibility index (Phi) is 5.17. The van der Waals surface area contributed by atoms with E-state index in [9.17, 15) is 24.2 Å². The largest absolute Gasteiger partial charge is 0.508 e. The number of halogens is 1. The minimum atomic E-state index is -1.03. The molecule has 1 atom stereocenters. The molecule has 0 spiro atoms. The van der Waals surface area contributed by atoms with Gasteiger partial charge >= 0.3 is 5.91 Å². The van der Waals surface area contributed by atoms with Crippen molar-refractivity contribution in [2.45, 2.75) is 19.9 Å². The number of carbonyl (C=O) groups is 2. The number of rotatable bonds is 3. The third-order valence-electron chi connectivity index (χ3n) is 5.82. The number of aliphatic hydroxyl groups is 1. The number of aromatic hydroxyl groups is 1. The Hall–Kier alpha value is -4.04. The Bertz CT molecular complexity index is 1520. The molecule has 8 heteroatoms. The molecule has 6 nitrogen and oxygen atoms in total. The van der Waals surface area contributed by atoms with Crippen LogP contribution in [0.15, 0.2) is 66.2 Å². The van der Waals surface area contributed by atoms with Crippen LogP contribution in [0.4, 0.5) is 9.52 Å². The maximum Gasteiger partial charge on any atom is 0.301 e. The number of phenolic OH excluding ortho intramolecular Hbond substituents is 1. The number of nitrogens with zero attached hydrogens (tertiary/aromatic N) is 2. The van der Waals surface area contributed by atoms with E-state index in [1.165, 1.54) is 35.2 Å². The first-order valence-corrected chi connectivity index (χ1v) is 11.3. The summed E-state index contributed by atoms with van der Waals surface area (Å²) in [6.45, 7) is 3.66. The van der Waals surface area contributed by atoms with E-state index in [1.54, 1.807) is 25.1 Å². The lowest BCUT2D eigenvalue weighted by Crippen LogP contribution is -2.29. The van der Waals surface area contributed by atoms with Crippen LogP contribution in [0.25, 0.3) is 16.0 Å². The number of ketones is 1. The molecule has 1 amide bonds. The van der Waals surface area contributed by atoms with E-state index >= 15 is 0 Å². The number of thiazole rings is 1. The van der Waals surface area contributed by atoms with Gasteiger partial charge in [-0.2, -0.15) is 0 Å². The molecular formula is C26H19FN2O4S. The summed E-state index contributed by atoms with van der Waals surface area (Å²) in [5.41, 5.74) is 2.86. The van der Waals surface area contributed by atoms with Crippen molar-refractivity contribution >= 4 is 44.1 Å². The molecule has 1 aliphatic heterocycles. The minimum Gasteiger partial charge on any atom is -0.508 e. The van der Waals surface area contributed by atoms with E-state index in [0.29, 0.717) is 21.3 Å². The Labute approximate surface area is 198 Å². The maximum absolute atomic E-state index is 13.7. The molecule has 4 aromatic rings. The number of hydrogen-bond donors (Lipinski definition) is 2. The van der Waals surface area contributed by atoms with E-state index in [1.807, 2.05) is 19.1 Å². The second kappa shape index (κ2) is 8.07. The van der Waals surface area contributed by atoms with E-state index in [0.717, 1.165) is 22.5 Å². The summed E-state index contributed by atoms with van der Waals surface area (Å²) in [6.07, 6.45) is 0. The highest BCUT2D eigenvalue weighted by atomic mass is 32.1. The average Bonchev–Trinajstić information content (AvgIpc) is 3.33. The van der Waals surface area contributed by atoms with Crippen LogP contribution in [0.5, 0.6) is 5.75 Å². The quantitative estimate of drug-likeness (QED) is 0.236. The number of phenols is 1. The van der Waals surface area contributed by atoms with Crippen molar-refractivity contribution in [2.24, 2.45) is 0 Å². The number of amides is 1. The molecule has 2 heterocycles. The molecule has 34 heavy (non-hydrogen) atoms. The fourth-order valence-electron chi connectivity index (χ4n) is 4.17. The van der Waals surface area contributed by atoms with Gasteiger partial charge in [-0.15, -0.1) is 0 Å². The van der Waals surface area contributed by atoms with Crippen LogP contribution in [0, 0.1) is 19.7 Å². The molecule has 0 radical (unpaired) electrons. The molecule has 1 aromatic heterocycles. The lowest BCUT2D eigenvalue weighted by atomic mass is 9.93. The van der Waals surface area contributed by atoms with Gasteiger partial charge in [0.25, 0.3) is 5.78 Å². The Morgan fingerprint density at radius 1 is 1.06 bits per heavy atom. The van der Waals surface area contributed by atoms with E-state index < -0.39 is 23.5 Å². The van der Waals surface area contributed by atoms with Crippen LogP contribution in [0.1, 0.15) is 28.3 Å². The Balaban J connectivity index is 1.77. The number of carbonyl (C=O) groups excluding carboxylic acids is 2. The monoisotopic (exact) mass is 474 g/mol. The smallest absolute Gasteiger partial charge is 0.301 e. The van der Waals surface area contributed by atoms with Gasteiger partial charge in [-0.25, -0.2) is 9.37 Å². The average molecular weight is 475 g/mol. The van der Waals surface area contributed by atoms with Gasteiger partial charge in [-0.3, -0.25) is 14.5 Å². The number of Topliss-reactive ketones (excluding diaryl/α,β-unsaturated/α-hetero) is 1. The SMILES string of the molecule is Cc1ccc(C)c(/C(O)=C2\C(=O)C(=O)N(c3nc4ccc(F)cc4s3)C2c2cccc(O)c2)c1. The summed E-state index contributed by atoms with van der Waals surface area (Å²) in [6, 6.07) is 14.7. The standard InChI is InChI=1S/C26H19FN2O4S/c1-13-6-7-14(2)18(10-13)23(31)21-22(15-4-3-5-17(30)11-15)29(25(33)24(21)32)26-28-19-9-8-16(27)12-20(19)34-26/h3-12,22,30-31H,1-2H3/b23-21+. The molecule has 1 saturated heterocycles. The lowest BCUT2D eigenvalue weighted by molar-refractivity contribution is -0.132. The summed E-state index contributed by atoms with van der Waals surface area (Å²) in [4.78, 5) is 32.2. The van der Waals surface area contributed by atoms with Crippen LogP contribution >= 0.6 is 11.3 Å². The maximum atomic E-state index is 13.7. The first-order valence-electron chi connectivity index (χ1n) is 10.5. The third kappa shape index (κ3) is 3.52. The third-order valence-corrected chi connectivity index (χ3v) is 6.84. The number of benzene rings is 3. The molecule has 2 N–H and O–H groups in total. The summed E-state index contributed by atoms with van der Waals surface area (Å²) < 4.78 is 14.3. The summed E-state index contributed by atoms with van der Waals surface area (Å²) in [7, 11) is 0. The van der Waals surface area contributed by atoms with Crippen molar-refractivity contribution in [2.75, 3.05) is 4.90 Å². The molecule has 5 rings (SSSR count). The van der Waals surface area contributed by atoms with Gasteiger partial charge in [0.15, 0.2) is 5.13 Å². The van der Waals surface area contributed by atoms with Gasteiger partial charge in [0.2, 0.25) is 0 Å². The number of aryl methyl sites for hydroxylation is 2. The Morgan fingerprint density at radius 2 is 1.85 bits per heavy atom. The summed E-state index contributed by atoms with van der Waals surface area (Å²) in [5, 5.41) is 21.6. The van der Waals surface area contributed by atoms with E-state index in [2.05, 4.69) is 4.98 Å². The van der Waals surface area contributed by atoms with Crippen LogP contribution in [-0.2, 0) is 9.59 Å². The van der Waals surface area contributed by atoms with Gasteiger partial charge in [-0.05, 0) is 61.4 Å². The normalized spacial score (nSPS) is 17.6. The number of aromatic nitrogens is 1. The summed E-state index contributed by atoms with van der Waals surface area (Å²) in [5.74, 6) is -2.52. The van der Waals surface area contributed by atoms with Gasteiger partial charge in [0, 0.05) is 5.56 Å². The second-order valence-electron chi connectivity index (χ2n) is 8.19. The van der Waals surface area contributed by atoms with Crippen LogP contribution in [-0.4, -0.2) is 26.9 Å². The van der Waals surface area contributed by atoms with E-state index in [4.69, 9.17) is 0 Å². The molecule has 1 aliphatic rings. The zero-order valence-corrected chi connectivity index (χ0v) is 19.1. The minimum absolute atomic E-state index is 0.0544. The highest BCUT2D eigenvalue weighted by Gasteiger charge is 2.48. The first kappa shape index (κ1) is 21.8. The van der Waals surface area contributed by atoms with Crippen LogP contribution in [0.2, 0.25) is 0 Å². The fourth-order valence-corrected chi connectivity index (χ4v) is 5.18. The number of aliphatic hydroxyl groups excluding tert-OH is 1. The predicted molar refractivity (Wildman–Crippen MR) is 128 cm³/mol. The molecular weight excluding hydrogens is 455 g/mol. The molecule has 0 saturated carbocycles. The Morgan fingerprint density at radius 3 is 2.62 bits per heavy atom. The van der Waals surface area contributed by atoms with Gasteiger partial charge < -0.3 is 10.2 Å². The molecule has 0 aliphatic carbocycles. The first-order chi connectivity index (χ1) is 16.2. The van der Waals surface area contributed by atoms with Gasteiger partial charge in [-0.1, -0.05) is 41.2 Å². The zero-order valence-electron chi connectivity index (χ0n) is 18.2. The molecule has 0 bridgehead atoms. The van der Waals surface area contributed by atoms with Crippen LogP contribution in [0.3, 0.4) is 0 Å². The number of fused-ring (bicyclic) bond motifs is 1. The zero-order chi connectivity index (χ0) is 24.1. The highest BCUT2D eigenvalue weighted by molar-refractivity contribution is 7.22. The lowest BCUT2D eigenvalue weighted by Gasteiger charge is -2.23. The highest BCUT2D eigenvalue weighted by Crippen LogP contribution is 2.45. The fraction of sp³-hybridized carbons (Fsp3) is 0.115. The van der Waals surface area contributed by atoms with Gasteiger partial charge in [0.1, 0.15) is 17.3 Å². The van der Waals surface area contributed by atoms with Crippen molar-refractivity contribution < 1.29 is 24.2 Å². The number of anilines is 1.